The minimum Gasteiger partial charge on any atom is -0.211 e. The zero-order valence-electron chi connectivity index (χ0n) is 7.87. The Hall–Kier alpha value is -0.600. The molecule has 0 aromatic carbocycles. The third-order valence-electron chi connectivity index (χ3n) is 2.28. The maximum absolute atomic E-state index is 11.5. The second-order valence-corrected chi connectivity index (χ2v) is 5.60. The van der Waals surface area contributed by atoms with Crippen LogP contribution in [-0.4, -0.2) is 19.2 Å². The van der Waals surface area contributed by atoms with Crippen LogP contribution in [0.4, 0.5) is 0 Å². The molecule has 0 saturated heterocycles. The minimum atomic E-state index is -3.43. The SMILES string of the molecule is CCC(C#N)S(=O)(=O)NC1(C)CC1. The molecule has 1 aliphatic rings. The highest BCUT2D eigenvalue weighted by atomic mass is 32.2. The average Bonchev–Trinajstić information content (AvgIpc) is 2.67. The Morgan fingerprint density at radius 1 is 1.62 bits per heavy atom. The average molecular weight is 202 g/mol. The van der Waals surface area contributed by atoms with Crippen LogP contribution in [-0.2, 0) is 10.0 Å². The molecule has 0 aliphatic heterocycles. The fourth-order valence-corrected chi connectivity index (χ4v) is 2.70. The first-order valence-corrected chi connectivity index (χ1v) is 5.90. The Kier molecular flexibility index (Phi) is 2.64. The highest BCUT2D eigenvalue weighted by Gasteiger charge is 2.42. The summed E-state index contributed by atoms with van der Waals surface area (Å²) >= 11 is 0. The van der Waals surface area contributed by atoms with Crippen molar-refractivity contribution in [1.29, 1.82) is 5.26 Å². The van der Waals surface area contributed by atoms with Crippen LogP contribution in [0.25, 0.3) is 0 Å². The van der Waals surface area contributed by atoms with E-state index in [-0.39, 0.29) is 5.54 Å². The third-order valence-corrected chi connectivity index (χ3v) is 4.24. The van der Waals surface area contributed by atoms with E-state index < -0.39 is 15.3 Å². The van der Waals surface area contributed by atoms with E-state index in [1.165, 1.54) is 0 Å². The van der Waals surface area contributed by atoms with E-state index in [1.807, 2.05) is 6.92 Å². The largest absolute Gasteiger partial charge is 0.228 e. The molecule has 5 heteroatoms. The molecular weight excluding hydrogens is 188 g/mol. The van der Waals surface area contributed by atoms with Crippen molar-refractivity contribution < 1.29 is 8.42 Å². The van der Waals surface area contributed by atoms with E-state index in [0.717, 1.165) is 12.8 Å². The number of hydrogen-bond donors (Lipinski definition) is 1. The Morgan fingerprint density at radius 2 is 2.15 bits per heavy atom. The predicted molar refractivity (Wildman–Crippen MR) is 49.4 cm³/mol. The lowest BCUT2D eigenvalue weighted by Crippen LogP contribution is -2.40. The van der Waals surface area contributed by atoms with Gasteiger partial charge in [0.2, 0.25) is 10.0 Å². The van der Waals surface area contributed by atoms with Crippen LogP contribution in [0.1, 0.15) is 33.1 Å². The molecule has 0 heterocycles. The van der Waals surface area contributed by atoms with Gasteiger partial charge in [0.05, 0.1) is 6.07 Å². The van der Waals surface area contributed by atoms with Gasteiger partial charge in [-0.15, -0.1) is 0 Å². The normalized spacial score (nSPS) is 21.9. The Balaban J connectivity index is 2.71. The van der Waals surface area contributed by atoms with Crippen LogP contribution in [0.15, 0.2) is 0 Å². The highest BCUT2D eigenvalue weighted by molar-refractivity contribution is 7.90. The maximum atomic E-state index is 11.5. The van der Waals surface area contributed by atoms with E-state index in [4.69, 9.17) is 5.26 Å². The molecule has 0 radical (unpaired) electrons. The van der Waals surface area contributed by atoms with Crippen LogP contribution in [0.5, 0.6) is 0 Å². The number of nitrogens with one attached hydrogen (secondary N) is 1. The van der Waals surface area contributed by atoms with Gasteiger partial charge < -0.3 is 0 Å². The van der Waals surface area contributed by atoms with Gasteiger partial charge >= 0.3 is 0 Å². The van der Waals surface area contributed by atoms with Gasteiger partial charge in [-0.05, 0) is 26.2 Å². The number of nitriles is 1. The topological polar surface area (TPSA) is 70.0 Å². The number of nitrogens with zero attached hydrogens (tertiary/aromatic N) is 1. The van der Waals surface area contributed by atoms with Crippen LogP contribution in [0, 0.1) is 11.3 Å². The third kappa shape index (κ3) is 2.42. The highest BCUT2D eigenvalue weighted by Crippen LogP contribution is 2.35. The molecule has 0 spiro atoms. The van der Waals surface area contributed by atoms with Crippen LogP contribution >= 0.6 is 0 Å². The van der Waals surface area contributed by atoms with Crippen molar-refractivity contribution in [3.05, 3.63) is 0 Å². The lowest BCUT2D eigenvalue weighted by Gasteiger charge is -2.14. The number of sulfonamides is 1. The van der Waals surface area contributed by atoms with E-state index in [0.29, 0.717) is 6.42 Å². The summed E-state index contributed by atoms with van der Waals surface area (Å²) in [4.78, 5) is 0. The molecule has 1 saturated carbocycles. The van der Waals surface area contributed by atoms with Gasteiger partial charge in [0.25, 0.3) is 0 Å². The lowest BCUT2D eigenvalue weighted by atomic mass is 10.4. The van der Waals surface area contributed by atoms with Gasteiger partial charge in [-0.2, -0.15) is 5.26 Å². The zero-order chi connectivity index (χ0) is 10.1. The minimum absolute atomic E-state index is 0.275. The Morgan fingerprint density at radius 3 is 2.46 bits per heavy atom. The molecule has 1 fully saturated rings. The second-order valence-electron chi connectivity index (χ2n) is 3.73. The van der Waals surface area contributed by atoms with Crippen molar-refractivity contribution in [3.8, 4) is 6.07 Å². The molecule has 74 valence electrons. The Bertz CT molecular complexity index is 325. The van der Waals surface area contributed by atoms with E-state index in [2.05, 4.69) is 4.72 Å². The molecule has 0 amide bonds. The van der Waals surface area contributed by atoms with E-state index >= 15 is 0 Å². The standard InChI is InChI=1S/C8H14N2O2S/c1-3-7(6-9)13(11,12)10-8(2)4-5-8/h7,10H,3-5H2,1-2H3. The molecule has 1 N–H and O–H groups in total. The van der Waals surface area contributed by atoms with Gasteiger partial charge in [-0.3, -0.25) is 0 Å². The van der Waals surface area contributed by atoms with Gasteiger partial charge in [-0.1, -0.05) is 6.92 Å². The summed E-state index contributed by atoms with van der Waals surface area (Å²) in [6.45, 7) is 3.55. The fourth-order valence-electron chi connectivity index (χ4n) is 1.08. The lowest BCUT2D eigenvalue weighted by molar-refractivity contribution is 0.550. The molecule has 1 rings (SSSR count). The molecule has 1 unspecified atom stereocenters. The summed E-state index contributed by atoms with van der Waals surface area (Å²) in [5.41, 5.74) is -0.275. The molecule has 1 atom stereocenters. The van der Waals surface area contributed by atoms with Gasteiger partial charge in [-0.25, -0.2) is 13.1 Å². The van der Waals surface area contributed by atoms with Crippen molar-refractivity contribution in [2.24, 2.45) is 0 Å². The van der Waals surface area contributed by atoms with Gasteiger partial charge in [0, 0.05) is 5.54 Å². The summed E-state index contributed by atoms with van der Waals surface area (Å²) in [5, 5.41) is 7.70. The quantitative estimate of drug-likeness (QED) is 0.731. The van der Waals surface area contributed by atoms with Gasteiger partial charge in [0.15, 0.2) is 5.25 Å². The van der Waals surface area contributed by atoms with Crippen LogP contribution in [0.3, 0.4) is 0 Å². The smallest absolute Gasteiger partial charge is 0.211 e. The molecule has 0 bridgehead atoms. The summed E-state index contributed by atoms with van der Waals surface area (Å²) < 4.78 is 25.6. The summed E-state index contributed by atoms with van der Waals surface area (Å²) in [5.74, 6) is 0. The zero-order valence-corrected chi connectivity index (χ0v) is 8.69. The first kappa shape index (κ1) is 10.5. The predicted octanol–water partition coefficient (Wildman–Crippen LogP) is 0.760. The molecule has 0 aromatic heterocycles. The maximum Gasteiger partial charge on any atom is 0.228 e. The molecule has 13 heavy (non-hydrogen) atoms. The molecule has 1 aliphatic carbocycles. The first-order valence-electron chi connectivity index (χ1n) is 4.36. The van der Waals surface area contributed by atoms with Gasteiger partial charge in [0.1, 0.15) is 0 Å². The monoisotopic (exact) mass is 202 g/mol. The van der Waals surface area contributed by atoms with Crippen molar-refractivity contribution in [2.75, 3.05) is 0 Å². The number of rotatable bonds is 4. The molecular formula is C8H14N2O2S. The van der Waals surface area contributed by atoms with Crippen molar-refractivity contribution >= 4 is 10.0 Å². The van der Waals surface area contributed by atoms with Crippen molar-refractivity contribution in [2.45, 2.75) is 43.9 Å². The van der Waals surface area contributed by atoms with Crippen molar-refractivity contribution in [3.63, 3.8) is 0 Å². The van der Waals surface area contributed by atoms with E-state index in [9.17, 15) is 8.42 Å². The molecule has 4 nitrogen and oxygen atoms in total. The summed E-state index contributed by atoms with van der Waals surface area (Å²) in [6.07, 6.45) is 2.07. The Labute approximate surface area is 79.0 Å². The first-order chi connectivity index (χ1) is 5.93. The summed E-state index contributed by atoms with van der Waals surface area (Å²) in [7, 11) is -3.43. The second kappa shape index (κ2) is 3.28. The van der Waals surface area contributed by atoms with Crippen LogP contribution in [0.2, 0.25) is 0 Å². The fraction of sp³-hybridized carbons (Fsp3) is 0.875. The van der Waals surface area contributed by atoms with Crippen molar-refractivity contribution in [1.82, 2.24) is 4.72 Å². The molecule has 0 aromatic rings. The summed E-state index contributed by atoms with van der Waals surface area (Å²) in [6, 6.07) is 1.79. The van der Waals surface area contributed by atoms with E-state index in [1.54, 1.807) is 13.0 Å². The van der Waals surface area contributed by atoms with Crippen LogP contribution < -0.4 is 4.72 Å². The number of hydrogen-bond acceptors (Lipinski definition) is 3.